The van der Waals surface area contributed by atoms with Crippen LogP contribution in [0.3, 0.4) is 0 Å². The molecule has 0 spiro atoms. The Labute approximate surface area is 190 Å². The van der Waals surface area contributed by atoms with Crippen molar-refractivity contribution in [2.24, 2.45) is 0 Å². The van der Waals surface area contributed by atoms with Crippen molar-refractivity contribution in [1.29, 1.82) is 0 Å². The fourth-order valence-corrected chi connectivity index (χ4v) is 5.98. The first-order chi connectivity index (χ1) is 15.7. The lowest BCUT2D eigenvalue weighted by molar-refractivity contribution is -0.133. The van der Waals surface area contributed by atoms with Gasteiger partial charge in [-0.1, -0.05) is 30.3 Å². The highest BCUT2D eigenvalue weighted by atomic mass is 32.1. The molecule has 2 aromatic heterocycles. The van der Waals surface area contributed by atoms with Crippen molar-refractivity contribution in [3.8, 4) is 10.6 Å². The summed E-state index contributed by atoms with van der Waals surface area (Å²) in [6, 6.07) is 14.4. The summed E-state index contributed by atoms with van der Waals surface area (Å²) in [6.07, 6.45) is 3.89. The van der Waals surface area contributed by atoms with Gasteiger partial charge in [0, 0.05) is 31.7 Å². The maximum absolute atomic E-state index is 12.9. The maximum Gasteiger partial charge on any atom is 0.411 e. The second-order valence-corrected chi connectivity index (χ2v) is 9.61. The third-order valence-corrected chi connectivity index (χ3v) is 7.72. The number of nitrogens with zero attached hydrogens (tertiary/aromatic N) is 4. The maximum atomic E-state index is 12.9. The lowest BCUT2D eigenvalue weighted by Crippen LogP contribution is -2.48. The van der Waals surface area contributed by atoms with E-state index in [0.717, 1.165) is 29.8 Å². The molecular formula is C24H24N4O3S. The van der Waals surface area contributed by atoms with Crippen molar-refractivity contribution in [3.63, 3.8) is 0 Å². The van der Waals surface area contributed by atoms with E-state index >= 15 is 0 Å². The Morgan fingerprint density at radius 1 is 1.12 bits per heavy atom. The Morgan fingerprint density at radius 2 is 1.97 bits per heavy atom. The van der Waals surface area contributed by atoms with E-state index < -0.39 is 0 Å². The second-order valence-electron chi connectivity index (χ2n) is 8.67. The van der Waals surface area contributed by atoms with Crippen LogP contribution in [-0.2, 0) is 22.5 Å². The molecule has 3 aromatic rings. The van der Waals surface area contributed by atoms with Crippen molar-refractivity contribution >= 4 is 23.3 Å². The van der Waals surface area contributed by atoms with Crippen molar-refractivity contribution < 1.29 is 14.3 Å². The molecule has 1 aromatic carbocycles. The van der Waals surface area contributed by atoms with Gasteiger partial charge in [0.25, 0.3) is 0 Å². The van der Waals surface area contributed by atoms with Crippen LogP contribution in [0.2, 0.25) is 0 Å². The molecular weight excluding hydrogens is 424 g/mol. The average Bonchev–Trinajstić information content (AvgIpc) is 3.58. The predicted molar refractivity (Wildman–Crippen MR) is 120 cm³/mol. The van der Waals surface area contributed by atoms with E-state index in [2.05, 4.69) is 17.2 Å². The van der Waals surface area contributed by atoms with Gasteiger partial charge in [0.2, 0.25) is 5.91 Å². The number of carbonyl (C=O) groups excluding carboxylic acids is 2. The number of aromatic nitrogens is 2. The summed E-state index contributed by atoms with van der Waals surface area (Å²) in [5.41, 5.74) is 3.38. The van der Waals surface area contributed by atoms with Crippen molar-refractivity contribution in [2.45, 2.75) is 44.0 Å². The molecule has 2 fully saturated rings. The Kier molecular flexibility index (Phi) is 4.75. The van der Waals surface area contributed by atoms with Crippen LogP contribution in [-0.4, -0.2) is 56.8 Å². The van der Waals surface area contributed by atoms with Gasteiger partial charge in [0.15, 0.2) is 0 Å². The van der Waals surface area contributed by atoms with Gasteiger partial charge in [-0.05, 0) is 41.5 Å². The van der Waals surface area contributed by atoms with Gasteiger partial charge >= 0.3 is 6.09 Å². The van der Waals surface area contributed by atoms with Gasteiger partial charge in [-0.15, -0.1) is 11.3 Å². The fraction of sp³-hybridized carbons (Fsp3) is 0.375. The molecule has 0 N–H and O–H groups in total. The zero-order valence-electron chi connectivity index (χ0n) is 17.6. The number of carbonyl (C=O) groups is 2. The van der Waals surface area contributed by atoms with Crippen molar-refractivity contribution in [3.05, 3.63) is 65.2 Å². The van der Waals surface area contributed by atoms with Crippen LogP contribution in [0.4, 0.5) is 4.79 Å². The molecule has 0 saturated carbocycles. The summed E-state index contributed by atoms with van der Waals surface area (Å²) in [7, 11) is 0. The highest BCUT2D eigenvalue weighted by Gasteiger charge is 2.50. The van der Waals surface area contributed by atoms with E-state index in [4.69, 9.17) is 4.74 Å². The molecule has 0 bridgehead atoms. The minimum atomic E-state index is -0.211. The number of fused-ring (bicyclic) bond motifs is 3. The summed E-state index contributed by atoms with van der Waals surface area (Å²) in [5, 5.41) is 6.56. The molecule has 2 amide bonds. The largest absolute Gasteiger partial charge is 0.443 e. The van der Waals surface area contributed by atoms with E-state index in [9.17, 15) is 9.59 Å². The fourth-order valence-electron chi connectivity index (χ4n) is 5.29. The summed E-state index contributed by atoms with van der Waals surface area (Å²) in [4.78, 5) is 30.5. The molecule has 7 nitrogen and oxygen atoms in total. The number of rotatable bonds is 4. The van der Waals surface area contributed by atoms with Crippen LogP contribution in [0.25, 0.3) is 10.6 Å². The third kappa shape index (κ3) is 3.30. The first kappa shape index (κ1) is 19.5. The van der Waals surface area contributed by atoms with E-state index in [-0.39, 0.29) is 36.7 Å². The SMILES string of the molecule is O=C(Cn1ccc(-c2cccs2)n1)N1CCC(N2C(=O)OC3Cc4ccccc4C32)CC1. The Morgan fingerprint density at radius 3 is 2.78 bits per heavy atom. The standard InChI is InChI=1S/C24H24N4O3S/c29-22(15-27-12-9-19(25-27)21-6-3-13-32-21)26-10-7-17(8-11-26)28-23-18-5-2-1-4-16(18)14-20(23)31-24(28)30/h1-6,9,12-13,17,20,23H,7-8,10-11,14-15H2. The van der Waals surface area contributed by atoms with Gasteiger partial charge < -0.3 is 9.64 Å². The molecule has 2 aliphatic heterocycles. The molecule has 2 unspecified atom stereocenters. The molecule has 4 heterocycles. The normalized spacial score (nSPS) is 22.7. The molecule has 3 aliphatic rings. The molecule has 1 aliphatic carbocycles. The monoisotopic (exact) mass is 448 g/mol. The molecule has 2 atom stereocenters. The average molecular weight is 449 g/mol. The molecule has 8 heteroatoms. The Hall–Kier alpha value is -3.13. The van der Waals surface area contributed by atoms with E-state index in [0.29, 0.717) is 13.1 Å². The zero-order chi connectivity index (χ0) is 21.7. The Bertz CT molecular complexity index is 1150. The van der Waals surface area contributed by atoms with E-state index in [1.165, 1.54) is 11.1 Å². The minimum absolute atomic E-state index is 0.00528. The van der Waals surface area contributed by atoms with Crippen LogP contribution >= 0.6 is 11.3 Å². The van der Waals surface area contributed by atoms with Gasteiger partial charge in [-0.3, -0.25) is 14.4 Å². The van der Waals surface area contributed by atoms with E-state index in [1.807, 2.05) is 51.7 Å². The first-order valence-corrected chi connectivity index (χ1v) is 12.0. The number of likely N-dealkylation sites (tertiary alicyclic amines) is 1. The predicted octanol–water partition coefficient (Wildman–Crippen LogP) is 3.72. The molecule has 0 radical (unpaired) electrons. The van der Waals surface area contributed by atoms with Crippen LogP contribution < -0.4 is 0 Å². The number of ether oxygens (including phenoxy) is 1. The number of amides is 2. The lowest BCUT2D eigenvalue weighted by atomic mass is 9.99. The van der Waals surface area contributed by atoms with Crippen LogP contribution in [0.15, 0.2) is 54.0 Å². The summed E-state index contributed by atoms with van der Waals surface area (Å²) >= 11 is 1.64. The highest BCUT2D eigenvalue weighted by Crippen LogP contribution is 2.44. The van der Waals surface area contributed by atoms with Crippen LogP contribution in [0.1, 0.15) is 30.0 Å². The first-order valence-electron chi connectivity index (χ1n) is 11.1. The molecule has 2 saturated heterocycles. The van der Waals surface area contributed by atoms with Crippen LogP contribution in [0.5, 0.6) is 0 Å². The zero-order valence-corrected chi connectivity index (χ0v) is 18.4. The number of benzene rings is 1. The second kappa shape index (κ2) is 7.78. The summed E-state index contributed by atoms with van der Waals surface area (Å²) in [5.74, 6) is 0.0670. The number of thiophene rings is 1. The van der Waals surface area contributed by atoms with Gasteiger partial charge in [0.05, 0.1) is 10.9 Å². The van der Waals surface area contributed by atoms with Gasteiger partial charge in [-0.25, -0.2) is 4.79 Å². The van der Waals surface area contributed by atoms with Gasteiger partial charge in [0.1, 0.15) is 18.3 Å². The van der Waals surface area contributed by atoms with Crippen molar-refractivity contribution in [2.75, 3.05) is 13.1 Å². The highest BCUT2D eigenvalue weighted by molar-refractivity contribution is 7.13. The number of hydrogen-bond acceptors (Lipinski definition) is 5. The minimum Gasteiger partial charge on any atom is -0.443 e. The number of piperidine rings is 1. The molecule has 164 valence electrons. The van der Waals surface area contributed by atoms with Crippen LogP contribution in [0, 0.1) is 0 Å². The molecule has 32 heavy (non-hydrogen) atoms. The number of hydrogen-bond donors (Lipinski definition) is 0. The topological polar surface area (TPSA) is 67.7 Å². The summed E-state index contributed by atoms with van der Waals surface area (Å²) in [6.45, 7) is 1.52. The summed E-state index contributed by atoms with van der Waals surface area (Å²) < 4.78 is 7.43. The quantitative estimate of drug-likeness (QED) is 0.610. The smallest absolute Gasteiger partial charge is 0.411 e. The Balaban J connectivity index is 1.09. The third-order valence-electron chi connectivity index (χ3n) is 6.83. The van der Waals surface area contributed by atoms with Crippen molar-refractivity contribution in [1.82, 2.24) is 19.6 Å². The van der Waals surface area contributed by atoms with Gasteiger partial charge in [-0.2, -0.15) is 5.10 Å². The molecule has 6 rings (SSSR count). The van der Waals surface area contributed by atoms with E-state index in [1.54, 1.807) is 16.0 Å². The lowest BCUT2D eigenvalue weighted by Gasteiger charge is -2.38.